The Balaban J connectivity index is 4.23. The van der Waals surface area contributed by atoms with Crippen molar-refractivity contribution in [3.8, 4) is 0 Å². The molecule has 0 unspecified atom stereocenters. The molecular weight excluding hydrogens is 747 g/mol. The van der Waals surface area contributed by atoms with Crippen LogP contribution in [-0.4, -0.2) is 78.4 Å². The molecule has 0 spiro atoms. The van der Waals surface area contributed by atoms with Crippen molar-refractivity contribution >= 4 is 35.4 Å². The molecule has 1 aromatic carbocycles. The van der Waals surface area contributed by atoms with E-state index in [9.17, 15) is 93.8 Å². The number of benzene rings is 1. The molecule has 1 aromatic rings. The third-order valence-electron chi connectivity index (χ3n) is 6.03. The first-order chi connectivity index (χ1) is 21.6. The zero-order chi connectivity index (χ0) is 39.2. The van der Waals surface area contributed by atoms with Crippen molar-refractivity contribution in [3.05, 3.63) is 22.8 Å². The van der Waals surface area contributed by atoms with E-state index in [0.29, 0.717) is 19.1 Å². The van der Waals surface area contributed by atoms with Crippen molar-refractivity contribution in [1.82, 2.24) is 5.32 Å². The summed E-state index contributed by atoms with van der Waals surface area (Å²) < 4.78 is 268. The van der Waals surface area contributed by atoms with Gasteiger partial charge < -0.3 is 10.1 Å². The Morgan fingerprint density at radius 1 is 0.673 bits per heavy atom. The Morgan fingerprint density at radius 2 is 1.06 bits per heavy atom. The zero-order valence-electron chi connectivity index (χ0n) is 22.9. The highest BCUT2D eigenvalue weighted by Gasteiger charge is 2.96. The van der Waals surface area contributed by atoms with Gasteiger partial charge in [0.1, 0.15) is 11.4 Å². The molecule has 0 aliphatic heterocycles. The summed E-state index contributed by atoms with van der Waals surface area (Å²) in [5.41, 5.74) is -10.3. The van der Waals surface area contributed by atoms with E-state index in [-0.39, 0.29) is 13.0 Å². The lowest BCUT2D eigenvalue weighted by Crippen LogP contribution is -2.75. The summed E-state index contributed by atoms with van der Waals surface area (Å²) in [4.78, 5) is 50.0. The van der Waals surface area contributed by atoms with Crippen molar-refractivity contribution < 1.29 is 107 Å². The molecule has 0 saturated heterocycles. The van der Waals surface area contributed by atoms with Crippen LogP contribution in [0.1, 0.15) is 28.4 Å². The predicted molar refractivity (Wildman–Crippen MR) is 115 cm³/mol. The van der Waals surface area contributed by atoms with Gasteiger partial charge in [-0.25, -0.2) is 9.59 Å². The maximum absolute atomic E-state index is 15.4. The molecule has 276 valence electrons. The molecule has 0 radical (unpaired) electrons. The molecule has 0 heterocycles. The van der Waals surface area contributed by atoms with Crippen molar-refractivity contribution in [2.75, 3.05) is 6.73 Å². The van der Waals surface area contributed by atoms with Gasteiger partial charge in [0.05, 0.1) is 5.56 Å². The number of hydrogen-bond donors (Lipinski definition) is 1. The van der Waals surface area contributed by atoms with Crippen LogP contribution in [0, 0.1) is 6.92 Å². The van der Waals surface area contributed by atoms with E-state index in [2.05, 4.69) is 14.7 Å². The highest BCUT2D eigenvalue weighted by molar-refractivity contribution is 5.99. The zero-order valence-corrected chi connectivity index (χ0v) is 22.9. The fourth-order valence-electron chi connectivity index (χ4n) is 3.51. The molecule has 8 nitrogen and oxygen atoms in total. The van der Waals surface area contributed by atoms with Crippen LogP contribution < -0.4 is 5.32 Å². The van der Waals surface area contributed by atoms with Gasteiger partial charge in [0.2, 0.25) is 12.2 Å². The number of halogens is 19. The summed E-state index contributed by atoms with van der Waals surface area (Å²) in [6, 6.07) is -0.352. The number of rotatable bonds is 13. The molecule has 1 rings (SSSR count). The van der Waals surface area contributed by atoms with Crippen LogP contribution in [0.3, 0.4) is 0 Å². The monoisotopic (exact) mass is 757 g/mol. The lowest BCUT2D eigenvalue weighted by Gasteiger charge is -2.44. The van der Waals surface area contributed by atoms with Crippen LogP contribution in [0.15, 0.2) is 16.1 Å². The van der Waals surface area contributed by atoms with Gasteiger partial charge in [-0.1, -0.05) is 0 Å². The second-order valence-electron chi connectivity index (χ2n) is 9.08. The number of nitrogens with one attached hydrogen (secondary N) is 1. The Hall–Kier alpha value is -4.41. The topological polar surface area (TPSA) is 114 Å². The SMILES string of the molecule is CC(=O)OCNC(=O)c1cc(N=C=O)c(N=C=O)c(C)c1C(F)(F)C(F)(F)C(F)(F)C(F)(F)C(F)(F)C(F)(F)C(F)(F)C(F)(F)C(F)(F)F. The summed E-state index contributed by atoms with van der Waals surface area (Å²) >= 11 is 0. The maximum Gasteiger partial charge on any atom is 0.460 e. The van der Waals surface area contributed by atoms with Crippen LogP contribution in [-0.2, 0) is 25.0 Å². The molecule has 0 aliphatic rings. The number of carbonyl (C=O) groups excluding carboxylic acids is 4. The first-order valence-electron chi connectivity index (χ1n) is 11.5. The van der Waals surface area contributed by atoms with E-state index < -0.39 is 100 Å². The molecule has 0 bridgehead atoms. The lowest BCUT2D eigenvalue weighted by atomic mass is 9.83. The Kier molecular flexibility index (Phi) is 11.1. The van der Waals surface area contributed by atoms with E-state index in [1.165, 1.54) is 5.32 Å². The maximum atomic E-state index is 15.4. The average Bonchev–Trinajstić information content (AvgIpc) is 2.92. The van der Waals surface area contributed by atoms with Crippen LogP contribution in [0.25, 0.3) is 0 Å². The summed E-state index contributed by atoms with van der Waals surface area (Å²) in [6.45, 7) is -0.830. The number of alkyl halides is 19. The molecular formula is C22H10F19N3O5. The van der Waals surface area contributed by atoms with Crippen LogP contribution in [0.5, 0.6) is 0 Å². The number of esters is 1. The van der Waals surface area contributed by atoms with Crippen molar-refractivity contribution in [2.45, 2.75) is 67.4 Å². The summed E-state index contributed by atoms with van der Waals surface area (Å²) in [7, 11) is 0. The number of ether oxygens (including phenoxy) is 1. The normalized spacial score (nSPS) is 14.1. The Labute approximate surface area is 256 Å². The molecule has 0 atom stereocenters. The first kappa shape index (κ1) is 42.6. The van der Waals surface area contributed by atoms with Gasteiger partial charge in [-0.05, 0) is 18.6 Å². The summed E-state index contributed by atoms with van der Waals surface area (Å²) in [6.07, 6.45) is -6.93. The van der Waals surface area contributed by atoms with Gasteiger partial charge in [-0.3, -0.25) is 9.59 Å². The van der Waals surface area contributed by atoms with Gasteiger partial charge in [0.15, 0.2) is 6.73 Å². The van der Waals surface area contributed by atoms with Crippen molar-refractivity contribution in [2.24, 2.45) is 9.98 Å². The predicted octanol–water partition coefficient (Wildman–Crippen LogP) is 7.28. The number of amides is 1. The molecule has 0 saturated carbocycles. The molecule has 0 aromatic heterocycles. The number of aliphatic imine (C=N–C) groups is 2. The van der Waals surface area contributed by atoms with Gasteiger partial charge in [-0.2, -0.15) is 93.4 Å². The molecule has 0 aliphatic carbocycles. The molecule has 0 fully saturated rings. The van der Waals surface area contributed by atoms with E-state index >= 15 is 8.78 Å². The quantitative estimate of drug-likeness (QED) is 0.0748. The standard InChI is InChI=1S/C22H10F19N3O5/c1-7-11(9(13(48)44-6-49-8(2)47)3-10(42-4-45)12(7)43-5-46)14(23,24)15(25,26)16(27,28)17(29,30)18(31,32)19(33,34)20(35,36)21(37,38)22(39,40)41/h3H,6H2,1-2H3,(H,44,48). The second-order valence-corrected chi connectivity index (χ2v) is 9.08. The number of hydrogen-bond acceptors (Lipinski definition) is 7. The van der Waals surface area contributed by atoms with E-state index in [0.717, 1.165) is 0 Å². The molecule has 27 heteroatoms. The second kappa shape index (κ2) is 12.8. The fourth-order valence-corrected chi connectivity index (χ4v) is 3.51. The van der Waals surface area contributed by atoms with Crippen molar-refractivity contribution in [3.63, 3.8) is 0 Å². The van der Waals surface area contributed by atoms with E-state index in [4.69, 9.17) is 0 Å². The lowest BCUT2D eigenvalue weighted by molar-refractivity contribution is -0.469. The summed E-state index contributed by atoms with van der Waals surface area (Å²) in [5.74, 6) is -73.2. The molecule has 49 heavy (non-hydrogen) atoms. The third kappa shape index (κ3) is 6.28. The Morgan fingerprint density at radius 3 is 1.43 bits per heavy atom. The minimum absolute atomic E-state index is 0.0268. The van der Waals surface area contributed by atoms with Crippen LogP contribution >= 0.6 is 0 Å². The number of isocyanates is 2. The van der Waals surface area contributed by atoms with Gasteiger partial charge in [0, 0.05) is 12.5 Å². The fraction of sp³-hybridized carbons (Fsp3) is 0.545. The number of nitrogens with zero attached hydrogens (tertiary/aromatic N) is 2. The number of carbonyl (C=O) groups is 2. The third-order valence-corrected chi connectivity index (χ3v) is 6.03. The van der Waals surface area contributed by atoms with Gasteiger partial charge in [-0.15, -0.1) is 0 Å². The van der Waals surface area contributed by atoms with Crippen LogP contribution in [0.4, 0.5) is 94.8 Å². The molecule has 1 amide bonds. The highest BCUT2D eigenvalue weighted by Crippen LogP contribution is 2.66. The van der Waals surface area contributed by atoms with Crippen molar-refractivity contribution in [1.29, 1.82) is 0 Å². The Bertz CT molecular complexity index is 1580. The van der Waals surface area contributed by atoms with E-state index in [1.807, 2.05) is 0 Å². The van der Waals surface area contributed by atoms with Gasteiger partial charge >= 0.3 is 59.5 Å². The minimum atomic E-state index is -9.20. The smallest absolute Gasteiger partial charge is 0.445 e. The largest absolute Gasteiger partial charge is 0.460 e. The average molecular weight is 757 g/mol. The highest BCUT2D eigenvalue weighted by atomic mass is 19.4. The van der Waals surface area contributed by atoms with E-state index in [1.54, 1.807) is 0 Å². The molecule has 1 N–H and O–H groups in total. The van der Waals surface area contributed by atoms with Crippen LogP contribution in [0.2, 0.25) is 0 Å². The van der Waals surface area contributed by atoms with Gasteiger partial charge in [0.25, 0.3) is 5.91 Å². The first-order valence-corrected chi connectivity index (χ1v) is 11.5. The minimum Gasteiger partial charge on any atom is -0.445 e. The summed E-state index contributed by atoms with van der Waals surface area (Å²) in [5, 5.41) is 1.29.